The van der Waals surface area contributed by atoms with Crippen molar-refractivity contribution in [3.63, 3.8) is 0 Å². The van der Waals surface area contributed by atoms with Crippen LogP contribution in [0.5, 0.6) is 0 Å². The summed E-state index contributed by atoms with van der Waals surface area (Å²) in [6.45, 7) is 2.67. The summed E-state index contributed by atoms with van der Waals surface area (Å²) in [5.74, 6) is 0.467. The number of non-ortho nitro benzene ring substituents is 1. The molecule has 0 aromatic heterocycles. The Kier molecular flexibility index (Phi) is 5.28. The molecule has 26 heavy (non-hydrogen) atoms. The van der Waals surface area contributed by atoms with E-state index in [-0.39, 0.29) is 10.6 Å². The first-order valence-electron chi connectivity index (χ1n) is 8.00. The summed E-state index contributed by atoms with van der Waals surface area (Å²) in [5, 5.41) is 11.1. The number of anilines is 1. The molecular formula is C17H17N3O4S2. The number of para-hydroxylation sites is 1. The Bertz CT molecular complexity index is 956. The number of nitro groups is 1. The number of fused-ring (bicyclic) bond motifs is 1. The Morgan fingerprint density at radius 2 is 1.85 bits per heavy atom. The van der Waals surface area contributed by atoms with Crippen LogP contribution < -0.4 is 4.90 Å². The molecule has 0 N–H and O–H groups in total. The van der Waals surface area contributed by atoms with Crippen LogP contribution in [0.3, 0.4) is 0 Å². The van der Waals surface area contributed by atoms with Gasteiger partial charge in [0.15, 0.2) is 5.17 Å². The van der Waals surface area contributed by atoms with Gasteiger partial charge in [-0.3, -0.25) is 10.1 Å². The molecule has 1 aliphatic heterocycles. The molecule has 0 amide bonds. The normalized spacial score (nSPS) is 15.3. The number of rotatable bonds is 5. The Morgan fingerprint density at radius 1 is 1.15 bits per heavy atom. The summed E-state index contributed by atoms with van der Waals surface area (Å²) in [5.41, 5.74) is 1.52. The number of amidine groups is 1. The van der Waals surface area contributed by atoms with Gasteiger partial charge in [0.25, 0.3) is 15.7 Å². The molecule has 0 saturated carbocycles. The third-order valence-corrected chi connectivity index (χ3v) is 6.30. The number of hydrogen-bond acceptors (Lipinski definition) is 6. The minimum absolute atomic E-state index is 0.0258. The van der Waals surface area contributed by atoms with Crippen LogP contribution in [0.25, 0.3) is 0 Å². The highest BCUT2D eigenvalue weighted by molar-refractivity contribution is 8.14. The van der Waals surface area contributed by atoms with Gasteiger partial charge in [-0.15, -0.1) is 4.40 Å². The standard InChI is InChI=1S/C17H17N3O4S2/c1-2-11-19-15-5-3-4-6-16(15)26(23,24)18-17(19)25-12-13-7-9-14(10-8-13)20(21)22/h3-10H,2,11-12H2,1H3. The predicted octanol–water partition coefficient (Wildman–Crippen LogP) is 3.80. The monoisotopic (exact) mass is 391 g/mol. The smallest absolute Gasteiger partial charge is 0.286 e. The van der Waals surface area contributed by atoms with E-state index < -0.39 is 14.9 Å². The molecule has 0 radical (unpaired) electrons. The SMILES string of the molecule is CCCN1C(SCc2ccc([N+](=O)[O-])cc2)=NS(=O)(=O)c2ccccc21. The van der Waals surface area contributed by atoms with Crippen LogP contribution in [0.2, 0.25) is 0 Å². The molecule has 2 aromatic carbocycles. The molecular weight excluding hydrogens is 374 g/mol. The van der Waals surface area contributed by atoms with Gasteiger partial charge in [0.05, 0.1) is 10.6 Å². The first-order chi connectivity index (χ1) is 12.4. The second-order valence-corrected chi connectivity index (χ2v) is 8.20. The number of benzene rings is 2. The van der Waals surface area contributed by atoms with Gasteiger partial charge in [-0.25, -0.2) is 0 Å². The fraction of sp³-hybridized carbons (Fsp3) is 0.235. The van der Waals surface area contributed by atoms with Crippen molar-refractivity contribution >= 4 is 38.3 Å². The van der Waals surface area contributed by atoms with Crippen molar-refractivity contribution in [2.24, 2.45) is 4.40 Å². The fourth-order valence-electron chi connectivity index (χ4n) is 2.61. The van der Waals surface area contributed by atoms with Crippen molar-refractivity contribution in [3.05, 3.63) is 64.2 Å². The van der Waals surface area contributed by atoms with E-state index in [2.05, 4.69) is 4.40 Å². The predicted molar refractivity (Wildman–Crippen MR) is 103 cm³/mol. The van der Waals surface area contributed by atoms with Crippen LogP contribution in [0.15, 0.2) is 57.8 Å². The number of nitro benzene ring substituents is 1. The summed E-state index contributed by atoms with van der Waals surface area (Å²) in [7, 11) is -3.73. The highest BCUT2D eigenvalue weighted by atomic mass is 32.2. The van der Waals surface area contributed by atoms with E-state index in [1.807, 2.05) is 11.8 Å². The summed E-state index contributed by atoms with van der Waals surface area (Å²) in [4.78, 5) is 12.4. The third kappa shape index (κ3) is 3.73. The molecule has 3 rings (SSSR count). The lowest BCUT2D eigenvalue weighted by molar-refractivity contribution is -0.384. The minimum Gasteiger partial charge on any atom is -0.319 e. The fourth-order valence-corrected chi connectivity index (χ4v) is 5.04. The lowest BCUT2D eigenvalue weighted by Gasteiger charge is -2.30. The molecule has 0 spiro atoms. The Balaban J connectivity index is 1.86. The van der Waals surface area contributed by atoms with Gasteiger partial charge < -0.3 is 4.90 Å². The Labute approximate surface area is 155 Å². The Morgan fingerprint density at radius 3 is 2.50 bits per heavy atom. The minimum atomic E-state index is -3.73. The second-order valence-electron chi connectivity index (χ2n) is 5.68. The van der Waals surface area contributed by atoms with Crippen LogP contribution in [0, 0.1) is 10.1 Å². The molecule has 0 fully saturated rings. The highest BCUT2D eigenvalue weighted by Gasteiger charge is 2.30. The van der Waals surface area contributed by atoms with Crippen molar-refractivity contribution < 1.29 is 13.3 Å². The van der Waals surface area contributed by atoms with Crippen molar-refractivity contribution in [1.82, 2.24) is 0 Å². The van der Waals surface area contributed by atoms with Gasteiger partial charge in [-0.2, -0.15) is 8.42 Å². The third-order valence-electron chi connectivity index (χ3n) is 3.83. The number of hydrogen-bond donors (Lipinski definition) is 0. The first-order valence-corrected chi connectivity index (χ1v) is 10.4. The summed E-state index contributed by atoms with van der Waals surface area (Å²) in [6, 6.07) is 13.1. The van der Waals surface area contributed by atoms with E-state index in [0.29, 0.717) is 23.2 Å². The van der Waals surface area contributed by atoms with Gasteiger partial charge in [0, 0.05) is 24.4 Å². The maximum absolute atomic E-state index is 12.5. The van der Waals surface area contributed by atoms with Crippen LogP contribution in [-0.4, -0.2) is 25.1 Å². The number of nitrogens with zero attached hydrogens (tertiary/aromatic N) is 3. The zero-order valence-electron chi connectivity index (χ0n) is 14.0. The number of thioether (sulfide) groups is 1. The molecule has 0 atom stereocenters. The second kappa shape index (κ2) is 7.46. The van der Waals surface area contributed by atoms with Gasteiger partial charge in [-0.05, 0) is 24.1 Å². The molecule has 9 heteroatoms. The summed E-state index contributed by atoms with van der Waals surface area (Å²) in [6.07, 6.45) is 0.839. The molecule has 2 aromatic rings. The van der Waals surface area contributed by atoms with Gasteiger partial charge >= 0.3 is 0 Å². The molecule has 0 aliphatic carbocycles. The summed E-state index contributed by atoms with van der Waals surface area (Å²) >= 11 is 1.31. The zero-order valence-corrected chi connectivity index (χ0v) is 15.7. The molecule has 1 aliphatic rings. The molecule has 7 nitrogen and oxygen atoms in total. The maximum Gasteiger partial charge on any atom is 0.286 e. The van der Waals surface area contributed by atoms with Gasteiger partial charge in [0.1, 0.15) is 4.90 Å². The largest absolute Gasteiger partial charge is 0.319 e. The van der Waals surface area contributed by atoms with Crippen LogP contribution in [0.4, 0.5) is 11.4 Å². The lowest BCUT2D eigenvalue weighted by Crippen LogP contribution is -2.34. The van der Waals surface area contributed by atoms with Gasteiger partial charge in [0.2, 0.25) is 0 Å². The van der Waals surface area contributed by atoms with Crippen molar-refractivity contribution in [1.29, 1.82) is 0 Å². The van der Waals surface area contributed by atoms with Crippen molar-refractivity contribution in [2.75, 3.05) is 11.4 Å². The molecule has 1 heterocycles. The zero-order chi connectivity index (χ0) is 18.7. The molecule has 136 valence electrons. The first kappa shape index (κ1) is 18.4. The van der Waals surface area contributed by atoms with E-state index in [0.717, 1.165) is 12.0 Å². The van der Waals surface area contributed by atoms with E-state index in [1.54, 1.807) is 36.4 Å². The van der Waals surface area contributed by atoms with Crippen LogP contribution in [0.1, 0.15) is 18.9 Å². The molecule has 0 unspecified atom stereocenters. The van der Waals surface area contributed by atoms with Crippen LogP contribution in [-0.2, 0) is 15.8 Å². The molecule has 0 bridgehead atoms. The van der Waals surface area contributed by atoms with Crippen molar-refractivity contribution in [2.45, 2.75) is 24.0 Å². The number of sulfonamides is 1. The molecule has 0 saturated heterocycles. The quantitative estimate of drug-likeness (QED) is 0.568. The lowest BCUT2D eigenvalue weighted by atomic mass is 10.2. The maximum atomic E-state index is 12.5. The average molecular weight is 391 g/mol. The Hall–Kier alpha value is -2.39. The van der Waals surface area contributed by atoms with E-state index in [1.165, 1.54) is 23.9 Å². The van der Waals surface area contributed by atoms with Gasteiger partial charge in [-0.1, -0.05) is 43.0 Å². The van der Waals surface area contributed by atoms with E-state index in [4.69, 9.17) is 0 Å². The van der Waals surface area contributed by atoms with E-state index in [9.17, 15) is 18.5 Å². The summed E-state index contributed by atoms with van der Waals surface area (Å²) < 4.78 is 28.9. The average Bonchev–Trinajstić information content (AvgIpc) is 2.63. The highest BCUT2D eigenvalue weighted by Crippen LogP contribution is 2.35. The van der Waals surface area contributed by atoms with E-state index >= 15 is 0 Å². The topological polar surface area (TPSA) is 92.9 Å². The van der Waals surface area contributed by atoms with Crippen molar-refractivity contribution in [3.8, 4) is 0 Å². The van der Waals surface area contributed by atoms with Crippen LogP contribution >= 0.6 is 11.8 Å².